The minimum absolute atomic E-state index is 0.0929. The molecule has 0 amide bonds. The summed E-state index contributed by atoms with van der Waals surface area (Å²) in [6.45, 7) is 8.05. The van der Waals surface area contributed by atoms with Crippen molar-refractivity contribution in [2.45, 2.75) is 39.9 Å². The van der Waals surface area contributed by atoms with E-state index in [9.17, 15) is 14.7 Å². The molecule has 0 saturated heterocycles. The summed E-state index contributed by atoms with van der Waals surface area (Å²) >= 11 is 0. The molecule has 5 nitrogen and oxygen atoms in total. The summed E-state index contributed by atoms with van der Waals surface area (Å²) in [6, 6.07) is 5.89. The van der Waals surface area contributed by atoms with Crippen molar-refractivity contribution in [1.29, 1.82) is 0 Å². The maximum absolute atomic E-state index is 12.2. The monoisotopic (exact) mass is 292 g/mol. The zero-order chi connectivity index (χ0) is 15.8. The van der Waals surface area contributed by atoms with Gasteiger partial charge in [0.05, 0.1) is 5.56 Å². The van der Waals surface area contributed by atoms with Gasteiger partial charge in [-0.05, 0) is 24.3 Å². The van der Waals surface area contributed by atoms with Crippen LogP contribution in [0.1, 0.15) is 38.1 Å². The van der Waals surface area contributed by atoms with Crippen LogP contribution in [0.15, 0.2) is 24.3 Å². The van der Waals surface area contributed by atoms with Gasteiger partial charge in [0.15, 0.2) is 0 Å². The van der Waals surface area contributed by atoms with E-state index in [2.05, 4.69) is 0 Å². The standard InChI is InChI=1S/C16H20O5/c1-15(2)13(20-9-17)16(3,4)14(15)21-12(19)10-5-7-11(18)8-6-10/h5-9,13-14,18H,1-4H3. The molecule has 1 fully saturated rings. The van der Waals surface area contributed by atoms with Gasteiger partial charge in [-0.15, -0.1) is 0 Å². The molecule has 1 N–H and O–H groups in total. The number of phenolic OH excluding ortho intramolecular Hbond substituents is 1. The normalized spacial score (nSPS) is 25.5. The first-order chi connectivity index (χ1) is 9.71. The van der Waals surface area contributed by atoms with Gasteiger partial charge >= 0.3 is 5.97 Å². The van der Waals surface area contributed by atoms with E-state index in [-0.39, 0.29) is 18.0 Å². The number of esters is 1. The first-order valence-corrected chi connectivity index (χ1v) is 6.80. The number of hydrogen-bond acceptors (Lipinski definition) is 5. The van der Waals surface area contributed by atoms with Crippen molar-refractivity contribution >= 4 is 12.4 Å². The fraction of sp³-hybridized carbons (Fsp3) is 0.500. The van der Waals surface area contributed by atoms with Crippen LogP contribution in [-0.2, 0) is 14.3 Å². The average Bonchev–Trinajstić information content (AvgIpc) is 2.42. The Labute approximate surface area is 123 Å². The fourth-order valence-corrected chi connectivity index (χ4v) is 3.58. The number of ether oxygens (including phenoxy) is 2. The Morgan fingerprint density at radius 3 is 2.10 bits per heavy atom. The number of carbonyl (C=O) groups excluding carboxylic acids is 2. The van der Waals surface area contributed by atoms with E-state index in [0.29, 0.717) is 12.0 Å². The molecule has 2 rings (SSSR count). The molecule has 5 heteroatoms. The van der Waals surface area contributed by atoms with Gasteiger partial charge in [0.25, 0.3) is 6.47 Å². The minimum atomic E-state index is -0.453. The van der Waals surface area contributed by atoms with Crippen LogP contribution in [0.4, 0.5) is 0 Å². The van der Waals surface area contributed by atoms with Gasteiger partial charge in [-0.1, -0.05) is 27.7 Å². The van der Waals surface area contributed by atoms with E-state index >= 15 is 0 Å². The highest BCUT2D eigenvalue weighted by Gasteiger charge is 2.66. The molecular weight excluding hydrogens is 272 g/mol. The molecule has 1 aromatic rings. The SMILES string of the molecule is CC1(C)C(OC=O)C(C)(C)C1OC(=O)c1ccc(O)cc1. The summed E-state index contributed by atoms with van der Waals surface area (Å²) in [5.41, 5.74) is -0.521. The van der Waals surface area contributed by atoms with E-state index in [1.807, 2.05) is 27.7 Å². The Kier molecular flexibility index (Phi) is 3.70. The zero-order valence-corrected chi connectivity index (χ0v) is 12.6. The lowest BCUT2D eigenvalue weighted by Gasteiger charge is -2.60. The van der Waals surface area contributed by atoms with Crippen molar-refractivity contribution < 1.29 is 24.2 Å². The highest BCUT2D eigenvalue weighted by molar-refractivity contribution is 5.89. The molecule has 0 spiro atoms. The van der Waals surface area contributed by atoms with Crippen molar-refractivity contribution in [3.63, 3.8) is 0 Å². The van der Waals surface area contributed by atoms with Crippen molar-refractivity contribution in [1.82, 2.24) is 0 Å². The number of phenols is 1. The molecule has 114 valence electrons. The van der Waals surface area contributed by atoms with E-state index in [0.717, 1.165) is 0 Å². The zero-order valence-electron chi connectivity index (χ0n) is 12.6. The highest BCUT2D eigenvalue weighted by atomic mass is 16.6. The van der Waals surface area contributed by atoms with Gasteiger partial charge in [0.1, 0.15) is 18.0 Å². The van der Waals surface area contributed by atoms with E-state index in [4.69, 9.17) is 9.47 Å². The van der Waals surface area contributed by atoms with Crippen LogP contribution in [0.3, 0.4) is 0 Å². The van der Waals surface area contributed by atoms with Crippen LogP contribution >= 0.6 is 0 Å². The number of benzene rings is 1. The van der Waals surface area contributed by atoms with Gasteiger partial charge in [0.2, 0.25) is 0 Å². The van der Waals surface area contributed by atoms with Crippen molar-refractivity contribution in [3.8, 4) is 5.75 Å². The second kappa shape index (κ2) is 5.06. The third kappa shape index (κ3) is 2.48. The van der Waals surface area contributed by atoms with Gasteiger partial charge in [-0.25, -0.2) is 4.79 Å². The van der Waals surface area contributed by atoms with Gasteiger partial charge in [-0.2, -0.15) is 0 Å². The van der Waals surface area contributed by atoms with Crippen molar-refractivity contribution in [3.05, 3.63) is 29.8 Å². The molecule has 1 aromatic carbocycles. The number of aromatic hydroxyl groups is 1. The summed E-state index contributed by atoms with van der Waals surface area (Å²) in [6.07, 6.45) is -0.670. The lowest BCUT2D eigenvalue weighted by atomic mass is 9.51. The molecule has 0 aromatic heterocycles. The summed E-state index contributed by atoms with van der Waals surface area (Å²) < 4.78 is 10.7. The fourth-order valence-electron chi connectivity index (χ4n) is 3.58. The molecule has 1 aliphatic carbocycles. The van der Waals surface area contributed by atoms with Gasteiger partial charge < -0.3 is 14.6 Å². The summed E-state index contributed by atoms with van der Waals surface area (Å²) in [4.78, 5) is 22.8. The molecule has 0 bridgehead atoms. The minimum Gasteiger partial charge on any atom is -0.508 e. The van der Waals surface area contributed by atoms with Crippen LogP contribution in [-0.4, -0.2) is 29.8 Å². The van der Waals surface area contributed by atoms with Crippen LogP contribution in [0.2, 0.25) is 0 Å². The lowest BCUT2D eigenvalue weighted by Crippen LogP contribution is -2.69. The molecule has 0 unspecified atom stereocenters. The topological polar surface area (TPSA) is 72.8 Å². The first kappa shape index (κ1) is 15.4. The lowest BCUT2D eigenvalue weighted by molar-refractivity contribution is -0.252. The van der Waals surface area contributed by atoms with Crippen molar-refractivity contribution in [2.75, 3.05) is 0 Å². The molecule has 1 saturated carbocycles. The molecule has 0 atom stereocenters. The second-order valence-electron chi connectivity index (χ2n) is 6.59. The van der Waals surface area contributed by atoms with Crippen LogP contribution in [0.25, 0.3) is 0 Å². The highest BCUT2D eigenvalue weighted by Crippen LogP contribution is 2.57. The van der Waals surface area contributed by atoms with E-state index < -0.39 is 16.8 Å². The molecule has 0 heterocycles. The quantitative estimate of drug-likeness (QED) is 0.682. The van der Waals surface area contributed by atoms with Crippen LogP contribution < -0.4 is 0 Å². The predicted molar refractivity (Wildman–Crippen MR) is 75.8 cm³/mol. The van der Waals surface area contributed by atoms with Crippen molar-refractivity contribution in [2.24, 2.45) is 10.8 Å². The summed E-state index contributed by atoms with van der Waals surface area (Å²) in [5.74, 6) is -0.360. The third-order valence-corrected chi connectivity index (χ3v) is 4.22. The third-order valence-electron chi connectivity index (χ3n) is 4.22. The molecular formula is C16H20O5. The van der Waals surface area contributed by atoms with Gasteiger partial charge in [0, 0.05) is 10.8 Å². The Hall–Kier alpha value is -2.04. The molecule has 0 radical (unpaired) electrons. The maximum Gasteiger partial charge on any atom is 0.338 e. The number of carbonyl (C=O) groups is 2. The van der Waals surface area contributed by atoms with Crippen LogP contribution in [0, 0.1) is 10.8 Å². The molecule has 21 heavy (non-hydrogen) atoms. The average molecular weight is 292 g/mol. The first-order valence-electron chi connectivity index (χ1n) is 6.80. The second-order valence-corrected chi connectivity index (χ2v) is 6.59. The van der Waals surface area contributed by atoms with Gasteiger partial charge in [-0.3, -0.25) is 4.79 Å². The Bertz CT molecular complexity index is 528. The summed E-state index contributed by atoms with van der Waals surface area (Å²) in [5, 5.41) is 9.24. The number of rotatable bonds is 4. The van der Waals surface area contributed by atoms with Crippen LogP contribution in [0.5, 0.6) is 5.75 Å². The molecule has 1 aliphatic rings. The number of hydrogen-bond donors (Lipinski definition) is 1. The van der Waals surface area contributed by atoms with E-state index in [1.54, 1.807) is 0 Å². The maximum atomic E-state index is 12.2. The Balaban J connectivity index is 2.14. The molecule has 0 aliphatic heterocycles. The Morgan fingerprint density at radius 2 is 1.62 bits per heavy atom. The predicted octanol–water partition coefficient (Wildman–Crippen LogP) is 2.53. The smallest absolute Gasteiger partial charge is 0.338 e. The largest absolute Gasteiger partial charge is 0.508 e. The summed E-state index contributed by atoms with van der Waals surface area (Å²) in [7, 11) is 0. The van der Waals surface area contributed by atoms with E-state index in [1.165, 1.54) is 24.3 Å². The Morgan fingerprint density at radius 1 is 1.10 bits per heavy atom.